The molecule has 1 unspecified atom stereocenters. The van der Waals surface area contributed by atoms with Gasteiger partial charge < -0.3 is 15.7 Å². The number of hydrogen-bond acceptors (Lipinski definition) is 3. The van der Waals surface area contributed by atoms with Gasteiger partial charge in [0.05, 0.1) is 23.2 Å². The molecular weight excluding hydrogens is 240 g/mol. The van der Waals surface area contributed by atoms with Crippen molar-refractivity contribution < 1.29 is 9.90 Å². The van der Waals surface area contributed by atoms with E-state index in [-0.39, 0.29) is 18.4 Å². The molecule has 1 amide bonds. The molecule has 1 saturated heterocycles. The van der Waals surface area contributed by atoms with Crippen molar-refractivity contribution in [3.63, 3.8) is 0 Å². The molecule has 0 spiro atoms. The smallest absolute Gasteiger partial charge is 0.222 e. The lowest BCUT2D eigenvalue weighted by atomic mass is 10.1. The molecule has 17 heavy (non-hydrogen) atoms. The molecule has 2 rings (SSSR count). The quantitative estimate of drug-likeness (QED) is 0.850. The predicted octanol–water partition coefficient (Wildman–Crippen LogP) is 1.14. The van der Waals surface area contributed by atoms with Crippen LogP contribution in [0, 0.1) is 5.92 Å². The monoisotopic (exact) mass is 254 g/mol. The molecule has 1 aromatic rings. The second-order valence-electron chi connectivity index (χ2n) is 4.24. The molecule has 0 saturated carbocycles. The van der Waals surface area contributed by atoms with Crippen molar-refractivity contribution in [1.82, 2.24) is 0 Å². The van der Waals surface area contributed by atoms with Gasteiger partial charge in [-0.15, -0.1) is 0 Å². The minimum Gasteiger partial charge on any atom is -0.392 e. The predicted molar refractivity (Wildman–Crippen MR) is 66.9 cm³/mol. The van der Waals surface area contributed by atoms with Gasteiger partial charge in [0.25, 0.3) is 0 Å². The van der Waals surface area contributed by atoms with Crippen LogP contribution in [0.2, 0.25) is 5.02 Å². The van der Waals surface area contributed by atoms with Crippen molar-refractivity contribution in [3.8, 4) is 0 Å². The number of aliphatic hydroxyl groups excluding tert-OH is 1. The normalized spacial score (nSPS) is 19.6. The minimum absolute atomic E-state index is 0.0619. The Morgan fingerprint density at radius 3 is 2.94 bits per heavy atom. The number of rotatable bonds is 3. The summed E-state index contributed by atoms with van der Waals surface area (Å²) in [5.74, 6) is -0.400. The molecule has 5 heteroatoms. The first-order valence-corrected chi connectivity index (χ1v) is 5.93. The van der Waals surface area contributed by atoms with E-state index < -0.39 is 0 Å². The van der Waals surface area contributed by atoms with E-state index in [1.54, 1.807) is 12.1 Å². The first-order chi connectivity index (χ1) is 8.13. The maximum absolute atomic E-state index is 11.1. The second kappa shape index (κ2) is 4.94. The molecule has 0 aliphatic carbocycles. The standard InChI is InChI=1S/C12H15ClN2O2/c13-10-3-1-2-9(7-16)11(10)15-5-4-8(6-15)12(14)17/h1-3,8,16H,4-7H2,(H2,14,17). The molecule has 0 radical (unpaired) electrons. The van der Waals surface area contributed by atoms with Crippen LogP contribution in [-0.2, 0) is 11.4 Å². The van der Waals surface area contributed by atoms with Crippen LogP contribution in [0.15, 0.2) is 18.2 Å². The van der Waals surface area contributed by atoms with Gasteiger partial charge in [-0.05, 0) is 12.5 Å². The number of amides is 1. The van der Waals surface area contributed by atoms with Gasteiger partial charge in [0.1, 0.15) is 0 Å². The number of halogens is 1. The fourth-order valence-electron chi connectivity index (χ4n) is 2.24. The molecule has 4 nitrogen and oxygen atoms in total. The third-order valence-corrected chi connectivity index (χ3v) is 3.45. The Morgan fingerprint density at radius 1 is 1.59 bits per heavy atom. The van der Waals surface area contributed by atoms with Gasteiger partial charge >= 0.3 is 0 Å². The lowest BCUT2D eigenvalue weighted by Crippen LogP contribution is -2.27. The molecule has 0 bridgehead atoms. The molecule has 1 heterocycles. The van der Waals surface area contributed by atoms with E-state index in [1.165, 1.54) is 0 Å². The molecule has 1 aromatic carbocycles. The van der Waals surface area contributed by atoms with Crippen LogP contribution in [0.5, 0.6) is 0 Å². The number of carbonyl (C=O) groups excluding carboxylic acids is 1. The lowest BCUT2D eigenvalue weighted by Gasteiger charge is -2.22. The van der Waals surface area contributed by atoms with E-state index in [2.05, 4.69) is 0 Å². The summed E-state index contributed by atoms with van der Waals surface area (Å²) in [6.07, 6.45) is 0.741. The Labute approximate surface area is 105 Å². The highest BCUT2D eigenvalue weighted by atomic mass is 35.5. The highest BCUT2D eigenvalue weighted by molar-refractivity contribution is 6.33. The summed E-state index contributed by atoms with van der Waals surface area (Å²) in [5, 5.41) is 9.90. The van der Waals surface area contributed by atoms with Crippen LogP contribution in [0.4, 0.5) is 5.69 Å². The highest BCUT2D eigenvalue weighted by Crippen LogP contribution is 2.33. The minimum atomic E-state index is -0.273. The van der Waals surface area contributed by atoms with Crippen LogP contribution < -0.4 is 10.6 Å². The van der Waals surface area contributed by atoms with E-state index in [0.717, 1.165) is 24.2 Å². The maximum Gasteiger partial charge on any atom is 0.222 e. The maximum atomic E-state index is 11.1. The highest BCUT2D eigenvalue weighted by Gasteiger charge is 2.28. The number of aliphatic hydroxyl groups is 1. The first-order valence-electron chi connectivity index (χ1n) is 5.56. The SMILES string of the molecule is NC(=O)C1CCN(c2c(Cl)cccc2CO)C1. The van der Waals surface area contributed by atoms with Gasteiger partial charge in [0, 0.05) is 18.7 Å². The summed E-state index contributed by atoms with van der Waals surface area (Å²) >= 11 is 6.15. The summed E-state index contributed by atoms with van der Waals surface area (Å²) in [7, 11) is 0. The summed E-state index contributed by atoms with van der Waals surface area (Å²) in [6, 6.07) is 5.42. The zero-order valence-corrected chi connectivity index (χ0v) is 10.2. The fraction of sp³-hybridized carbons (Fsp3) is 0.417. The number of para-hydroxylation sites is 1. The third-order valence-electron chi connectivity index (χ3n) is 3.15. The summed E-state index contributed by atoms with van der Waals surface area (Å²) in [5.41, 5.74) is 6.90. The Hall–Kier alpha value is -1.26. The summed E-state index contributed by atoms with van der Waals surface area (Å²) in [4.78, 5) is 13.1. The van der Waals surface area contributed by atoms with Crippen LogP contribution in [-0.4, -0.2) is 24.1 Å². The van der Waals surface area contributed by atoms with Crippen molar-refractivity contribution in [2.45, 2.75) is 13.0 Å². The molecule has 1 atom stereocenters. The zero-order chi connectivity index (χ0) is 12.4. The van der Waals surface area contributed by atoms with Crippen molar-refractivity contribution in [2.24, 2.45) is 11.7 Å². The number of primary amides is 1. The van der Waals surface area contributed by atoms with Crippen LogP contribution >= 0.6 is 11.6 Å². The molecule has 1 fully saturated rings. The van der Waals surface area contributed by atoms with E-state index in [0.29, 0.717) is 11.6 Å². The van der Waals surface area contributed by atoms with Crippen molar-refractivity contribution in [2.75, 3.05) is 18.0 Å². The van der Waals surface area contributed by atoms with E-state index >= 15 is 0 Å². The second-order valence-corrected chi connectivity index (χ2v) is 4.65. The fourth-order valence-corrected chi connectivity index (χ4v) is 2.55. The zero-order valence-electron chi connectivity index (χ0n) is 9.40. The van der Waals surface area contributed by atoms with Crippen molar-refractivity contribution in [3.05, 3.63) is 28.8 Å². The number of benzene rings is 1. The van der Waals surface area contributed by atoms with E-state index in [4.69, 9.17) is 17.3 Å². The summed E-state index contributed by atoms with van der Waals surface area (Å²) < 4.78 is 0. The number of hydrogen-bond donors (Lipinski definition) is 2. The van der Waals surface area contributed by atoms with E-state index in [1.807, 2.05) is 11.0 Å². The Balaban J connectivity index is 2.26. The number of carbonyl (C=O) groups is 1. The van der Waals surface area contributed by atoms with Crippen molar-refractivity contribution >= 4 is 23.2 Å². The Kier molecular flexibility index (Phi) is 3.54. The molecule has 3 N–H and O–H groups in total. The average Bonchev–Trinajstić information content (AvgIpc) is 2.77. The molecule has 92 valence electrons. The van der Waals surface area contributed by atoms with Gasteiger partial charge in [0.15, 0.2) is 0 Å². The van der Waals surface area contributed by atoms with Crippen LogP contribution in [0.1, 0.15) is 12.0 Å². The number of nitrogens with zero attached hydrogens (tertiary/aromatic N) is 1. The van der Waals surface area contributed by atoms with Gasteiger partial charge in [0.2, 0.25) is 5.91 Å². The lowest BCUT2D eigenvalue weighted by molar-refractivity contribution is -0.121. The van der Waals surface area contributed by atoms with Gasteiger partial charge in [-0.3, -0.25) is 4.79 Å². The number of anilines is 1. The topological polar surface area (TPSA) is 66.6 Å². The average molecular weight is 255 g/mol. The van der Waals surface area contributed by atoms with Crippen molar-refractivity contribution in [1.29, 1.82) is 0 Å². The largest absolute Gasteiger partial charge is 0.392 e. The third kappa shape index (κ3) is 2.37. The van der Waals surface area contributed by atoms with Gasteiger partial charge in [-0.2, -0.15) is 0 Å². The molecule has 1 aliphatic rings. The van der Waals surface area contributed by atoms with Gasteiger partial charge in [-0.25, -0.2) is 0 Å². The summed E-state index contributed by atoms with van der Waals surface area (Å²) in [6.45, 7) is 1.25. The van der Waals surface area contributed by atoms with Crippen LogP contribution in [0.3, 0.4) is 0 Å². The van der Waals surface area contributed by atoms with Crippen LogP contribution in [0.25, 0.3) is 0 Å². The molecule has 0 aromatic heterocycles. The Bertz CT molecular complexity index is 437. The van der Waals surface area contributed by atoms with Gasteiger partial charge in [-0.1, -0.05) is 23.7 Å². The molecular formula is C12H15ClN2O2. The molecule has 1 aliphatic heterocycles. The van der Waals surface area contributed by atoms with E-state index in [9.17, 15) is 9.90 Å². The Morgan fingerprint density at radius 2 is 2.35 bits per heavy atom. The first kappa shape index (κ1) is 12.2. The number of nitrogens with two attached hydrogens (primary N) is 1.